The van der Waals surface area contributed by atoms with Gasteiger partial charge < -0.3 is 73.9 Å². The number of nitrogens with one attached hydrogen (secondary N) is 2. The lowest BCUT2D eigenvalue weighted by Gasteiger charge is -2.03. The van der Waals surface area contributed by atoms with E-state index in [2.05, 4.69) is 10.6 Å². The van der Waals surface area contributed by atoms with Gasteiger partial charge in [-0.2, -0.15) is 0 Å². The van der Waals surface area contributed by atoms with Crippen LogP contribution in [0.5, 0.6) is 0 Å². The normalized spacial score (nSPS) is 9.23. The van der Waals surface area contributed by atoms with Crippen LogP contribution in [0.25, 0.3) is 0 Å². The first kappa shape index (κ1) is 54.5. The molecule has 0 radical (unpaired) electrons. The van der Waals surface area contributed by atoms with E-state index in [-0.39, 0.29) is 11.0 Å². The van der Waals surface area contributed by atoms with Gasteiger partial charge in [-0.3, -0.25) is 0 Å². The van der Waals surface area contributed by atoms with Gasteiger partial charge in [-0.25, -0.2) is 38.4 Å². The summed E-state index contributed by atoms with van der Waals surface area (Å²) < 4.78 is 0. The van der Waals surface area contributed by atoms with Gasteiger partial charge in [0.1, 0.15) is 0 Å². The maximum Gasteiger partial charge on any atom is 0.328 e. The molecular weight excluding hydrogens is 608 g/mol. The smallest absolute Gasteiger partial charge is 0.328 e. The molecular formula is C22H38N4O18. The van der Waals surface area contributed by atoms with Crippen molar-refractivity contribution >= 4 is 47.8 Å². The molecule has 0 aromatic rings. The Morgan fingerprint density at radius 3 is 0.591 bits per heavy atom. The molecule has 0 spiro atoms. The van der Waals surface area contributed by atoms with E-state index in [1.54, 1.807) is 0 Å². The van der Waals surface area contributed by atoms with Crippen LogP contribution in [0.15, 0.2) is 48.6 Å². The third-order valence-electron chi connectivity index (χ3n) is 2.59. The molecule has 22 heteroatoms. The van der Waals surface area contributed by atoms with Crippen LogP contribution in [0.2, 0.25) is 0 Å². The van der Waals surface area contributed by atoms with Gasteiger partial charge in [0.05, 0.1) is 0 Å². The van der Waals surface area contributed by atoms with Gasteiger partial charge in [0.2, 0.25) is 0 Å². The predicted octanol–water partition coefficient (Wildman–Crippen LogP) is -4.72. The Hall–Kier alpha value is -5.52. The minimum Gasteiger partial charge on any atom is -0.478 e. The lowest BCUT2D eigenvalue weighted by molar-refractivity contribution is -0.134. The first-order valence-electron chi connectivity index (χ1n) is 10.8. The fourth-order valence-electron chi connectivity index (χ4n) is 1.20. The van der Waals surface area contributed by atoms with Crippen LogP contribution in [-0.4, -0.2) is 139 Å². The molecule has 0 amide bonds. The molecule has 0 fully saturated rings. The van der Waals surface area contributed by atoms with Gasteiger partial charge in [-0.15, -0.1) is 0 Å². The molecule has 0 saturated heterocycles. The van der Waals surface area contributed by atoms with Crippen molar-refractivity contribution in [1.29, 1.82) is 0 Å². The lowest BCUT2D eigenvalue weighted by Crippen LogP contribution is -2.32. The summed E-state index contributed by atoms with van der Waals surface area (Å²) in [5, 5.41) is 68.8. The summed E-state index contributed by atoms with van der Waals surface area (Å²) in [6.07, 6.45) is 4.46. The van der Waals surface area contributed by atoms with Crippen molar-refractivity contribution in [3.63, 3.8) is 0 Å². The van der Waals surface area contributed by atoms with Gasteiger partial charge in [0.15, 0.2) is 0 Å². The largest absolute Gasteiger partial charge is 0.478 e. The highest BCUT2D eigenvalue weighted by Gasteiger charge is 1.90. The molecule has 0 saturated carbocycles. The number of hydrogen-bond donors (Lipinski definition) is 12. The van der Waals surface area contributed by atoms with Gasteiger partial charge in [0.25, 0.3) is 0 Å². The summed E-state index contributed by atoms with van der Waals surface area (Å²) in [6.45, 7) is 5.14. The maximum atomic E-state index is 9.55. The number of aliphatic carboxylic acids is 8. The van der Waals surface area contributed by atoms with Crippen LogP contribution in [0.4, 0.5) is 0 Å². The summed E-state index contributed by atoms with van der Waals surface area (Å²) in [4.78, 5) is 76.4. The zero-order valence-corrected chi connectivity index (χ0v) is 22.9. The number of nitrogens with two attached hydrogens (primary N) is 2. The van der Waals surface area contributed by atoms with E-state index in [9.17, 15) is 38.4 Å². The van der Waals surface area contributed by atoms with Crippen molar-refractivity contribution in [1.82, 2.24) is 10.6 Å². The zero-order valence-electron chi connectivity index (χ0n) is 22.9. The fraction of sp³-hybridized carbons (Fsp3) is 0.273. The molecule has 0 bridgehead atoms. The van der Waals surface area contributed by atoms with Crippen molar-refractivity contribution in [2.24, 2.45) is 11.5 Å². The van der Waals surface area contributed by atoms with E-state index in [0.29, 0.717) is 61.7 Å². The zero-order chi connectivity index (χ0) is 33.9. The molecule has 0 unspecified atom stereocenters. The second-order valence-electron chi connectivity index (χ2n) is 6.12. The van der Waals surface area contributed by atoms with E-state index < -0.39 is 47.8 Å². The summed E-state index contributed by atoms with van der Waals surface area (Å²) in [5.74, 6) is -10.1. The first-order valence-corrected chi connectivity index (χ1v) is 10.8. The number of carbonyl (C=O) groups is 8. The molecule has 0 atom stereocenters. The van der Waals surface area contributed by atoms with E-state index in [4.69, 9.17) is 52.3 Å². The topological polar surface area (TPSA) is 438 Å². The molecule has 18 N–H and O–H groups in total. The SMILES string of the molecule is NCCNCCNCCN.O.O.O=C(O)/C=C\C(=O)O.O=C(O)/C=C\C(=O)O.O=C(O)/C=C\C(=O)O.O=C(O)/C=C\C(=O)O. The summed E-state index contributed by atoms with van der Waals surface area (Å²) >= 11 is 0. The van der Waals surface area contributed by atoms with Crippen molar-refractivity contribution < 1.29 is 90.2 Å². The van der Waals surface area contributed by atoms with Gasteiger partial charge in [-0.05, 0) is 0 Å². The minimum absolute atomic E-state index is 0. The standard InChI is InChI=1S/C6H18N4.4C4H4O4.2H2O/c7-1-3-9-5-6-10-4-2-8;4*5-3(6)1-2-4(7)8;;/h9-10H,1-8H2;4*1-2H,(H,5,6)(H,7,8);2*1H2/b;4*2-1-;;. The minimum atomic E-state index is -1.26. The molecule has 0 aromatic heterocycles. The summed E-state index contributed by atoms with van der Waals surface area (Å²) in [5.41, 5.74) is 10.5. The van der Waals surface area contributed by atoms with Crippen LogP contribution in [0, 0.1) is 0 Å². The monoisotopic (exact) mass is 646 g/mol. The van der Waals surface area contributed by atoms with E-state index >= 15 is 0 Å². The molecule has 44 heavy (non-hydrogen) atoms. The average molecular weight is 647 g/mol. The van der Waals surface area contributed by atoms with Gasteiger partial charge in [0, 0.05) is 87.9 Å². The van der Waals surface area contributed by atoms with Crippen LogP contribution in [0.3, 0.4) is 0 Å². The molecule has 0 aliphatic heterocycles. The molecule has 0 heterocycles. The van der Waals surface area contributed by atoms with Crippen molar-refractivity contribution in [2.45, 2.75) is 0 Å². The van der Waals surface area contributed by atoms with E-state index in [1.807, 2.05) is 0 Å². The van der Waals surface area contributed by atoms with Crippen molar-refractivity contribution in [2.75, 3.05) is 39.3 Å². The fourth-order valence-corrected chi connectivity index (χ4v) is 1.20. The van der Waals surface area contributed by atoms with Gasteiger partial charge >= 0.3 is 47.8 Å². The van der Waals surface area contributed by atoms with Crippen LogP contribution in [0.1, 0.15) is 0 Å². The second kappa shape index (κ2) is 42.0. The summed E-state index contributed by atoms with van der Waals surface area (Å²) in [6, 6.07) is 0. The molecule has 0 aliphatic carbocycles. The highest BCUT2D eigenvalue weighted by Crippen LogP contribution is 1.72. The Morgan fingerprint density at radius 2 is 0.500 bits per heavy atom. The van der Waals surface area contributed by atoms with Gasteiger partial charge in [-0.1, -0.05) is 0 Å². The molecule has 0 aromatic carbocycles. The highest BCUT2D eigenvalue weighted by molar-refractivity contribution is 5.91. The molecule has 22 nitrogen and oxygen atoms in total. The number of rotatable bonds is 15. The Labute approximate surface area is 248 Å². The Kier molecular flexibility index (Phi) is 52.0. The number of carboxylic acid groups (broad SMARTS) is 8. The third-order valence-corrected chi connectivity index (χ3v) is 2.59. The van der Waals surface area contributed by atoms with E-state index in [1.165, 1.54) is 0 Å². The number of carboxylic acids is 8. The number of hydrogen-bond acceptors (Lipinski definition) is 12. The van der Waals surface area contributed by atoms with Crippen LogP contribution < -0.4 is 22.1 Å². The Balaban J connectivity index is -0.0000000771. The Morgan fingerprint density at radius 1 is 0.364 bits per heavy atom. The lowest BCUT2D eigenvalue weighted by atomic mass is 10.5. The Bertz CT molecular complexity index is 753. The molecule has 0 rings (SSSR count). The first-order chi connectivity index (χ1) is 19.4. The summed E-state index contributed by atoms with van der Waals surface area (Å²) in [7, 11) is 0. The van der Waals surface area contributed by atoms with Crippen molar-refractivity contribution in [3.8, 4) is 0 Å². The highest BCUT2D eigenvalue weighted by atomic mass is 16.4. The average Bonchev–Trinajstić information content (AvgIpc) is 2.87. The van der Waals surface area contributed by atoms with Crippen LogP contribution in [-0.2, 0) is 38.4 Å². The van der Waals surface area contributed by atoms with Crippen molar-refractivity contribution in [3.05, 3.63) is 48.6 Å². The molecule has 0 aliphatic rings. The third kappa shape index (κ3) is 99.5. The predicted molar refractivity (Wildman–Crippen MR) is 149 cm³/mol. The quantitative estimate of drug-likeness (QED) is 0.0587. The van der Waals surface area contributed by atoms with E-state index in [0.717, 1.165) is 26.2 Å². The second-order valence-corrected chi connectivity index (χ2v) is 6.12. The molecule has 254 valence electrons. The van der Waals surface area contributed by atoms with Crippen LogP contribution >= 0.6 is 0 Å². The maximum absolute atomic E-state index is 9.55.